The van der Waals surface area contributed by atoms with Gasteiger partial charge in [0.1, 0.15) is 5.82 Å². The lowest BCUT2D eigenvalue weighted by Gasteiger charge is -2.38. The quantitative estimate of drug-likeness (QED) is 0.409. The fourth-order valence-electron chi connectivity index (χ4n) is 5.15. The maximum atomic E-state index is 13.2. The second-order valence-corrected chi connectivity index (χ2v) is 10.2. The molecule has 0 atom stereocenters. The van der Waals surface area contributed by atoms with Crippen molar-refractivity contribution >= 4 is 23.2 Å². The molecule has 2 fully saturated rings. The van der Waals surface area contributed by atoms with Crippen LogP contribution in [-0.4, -0.2) is 89.3 Å². The van der Waals surface area contributed by atoms with E-state index in [0.29, 0.717) is 10.8 Å². The first-order chi connectivity index (χ1) is 17.6. The van der Waals surface area contributed by atoms with Crippen LogP contribution < -0.4 is 10.5 Å². The molecule has 194 valence electrons. The van der Waals surface area contributed by atoms with Crippen LogP contribution in [0.1, 0.15) is 26.2 Å². The van der Waals surface area contributed by atoms with Gasteiger partial charge < -0.3 is 9.64 Å². The minimum Gasteiger partial charge on any atom is -0.379 e. The Morgan fingerprint density at radius 1 is 0.917 bits per heavy atom. The fraction of sp³-hybridized carbons (Fsp3) is 0.556. The van der Waals surface area contributed by atoms with E-state index in [9.17, 15) is 4.79 Å². The SMILES string of the molecule is CCCCCn1c(N2CCN(CCN3CCOCC3)CC2)cc(=O)n2cc(-c3ccc(Cl)cc3)nc12. The highest BCUT2D eigenvalue weighted by molar-refractivity contribution is 6.30. The molecule has 0 radical (unpaired) electrons. The van der Waals surface area contributed by atoms with E-state index >= 15 is 0 Å². The summed E-state index contributed by atoms with van der Waals surface area (Å²) < 4.78 is 9.41. The molecule has 0 amide bonds. The van der Waals surface area contributed by atoms with Gasteiger partial charge in [-0.25, -0.2) is 4.98 Å². The average molecular weight is 513 g/mol. The molecule has 0 unspecified atom stereocenters. The zero-order valence-electron chi connectivity index (χ0n) is 21.2. The minimum absolute atomic E-state index is 0.0331. The highest BCUT2D eigenvalue weighted by atomic mass is 35.5. The Morgan fingerprint density at radius 3 is 2.31 bits per heavy atom. The summed E-state index contributed by atoms with van der Waals surface area (Å²) >= 11 is 6.08. The Labute approximate surface area is 218 Å². The summed E-state index contributed by atoms with van der Waals surface area (Å²) in [6.45, 7) is 12.8. The van der Waals surface area contributed by atoms with Crippen molar-refractivity contribution in [3.63, 3.8) is 0 Å². The van der Waals surface area contributed by atoms with Crippen LogP contribution in [0.15, 0.2) is 41.3 Å². The van der Waals surface area contributed by atoms with E-state index in [1.54, 1.807) is 10.5 Å². The van der Waals surface area contributed by atoms with Crippen molar-refractivity contribution in [3.05, 3.63) is 51.9 Å². The number of anilines is 1. The highest BCUT2D eigenvalue weighted by Gasteiger charge is 2.23. The third kappa shape index (κ3) is 5.78. The summed E-state index contributed by atoms with van der Waals surface area (Å²) in [5.74, 6) is 1.71. The molecular formula is C27H37ClN6O2. The summed E-state index contributed by atoms with van der Waals surface area (Å²) in [7, 11) is 0. The third-order valence-corrected chi connectivity index (χ3v) is 7.60. The molecule has 2 aliphatic rings. The molecule has 36 heavy (non-hydrogen) atoms. The van der Waals surface area contributed by atoms with Crippen LogP contribution >= 0.6 is 11.6 Å². The molecule has 4 heterocycles. The number of fused-ring (bicyclic) bond motifs is 1. The number of piperazine rings is 1. The number of morpholine rings is 1. The Hall–Kier alpha value is -2.39. The van der Waals surface area contributed by atoms with Crippen LogP contribution in [0.25, 0.3) is 17.0 Å². The Kier molecular flexibility index (Phi) is 8.26. The number of halogens is 1. The van der Waals surface area contributed by atoms with Gasteiger partial charge in [0.15, 0.2) is 0 Å². The van der Waals surface area contributed by atoms with E-state index < -0.39 is 0 Å². The number of rotatable bonds is 9. The summed E-state index contributed by atoms with van der Waals surface area (Å²) in [5.41, 5.74) is 1.71. The molecule has 1 aromatic carbocycles. The lowest BCUT2D eigenvalue weighted by molar-refractivity contribution is 0.0331. The molecular weight excluding hydrogens is 476 g/mol. The van der Waals surface area contributed by atoms with Crippen molar-refractivity contribution in [1.82, 2.24) is 23.8 Å². The van der Waals surface area contributed by atoms with Gasteiger partial charge in [0.2, 0.25) is 5.78 Å². The van der Waals surface area contributed by atoms with Crippen LogP contribution in [0.2, 0.25) is 5.02 Å². The number of unbranched alkanes of at least 4 members (excludes halogenated alkanes) is 2. The number of benzene rings is 1. The zero-order chi connectivity index (χ0) is 24.9. The highest BCUT2D eigenvalue weighted by Crippen LogP contribution is 2.24. The monoisotopic (exact) mass is 512 g/mol. The lowest BCUT2D eigenvalue weighted by atomic mass is 10.2. The third-order valence-electron chi connectivity index (χ3n) is 7.35. The molecule has 5 rings (SSSR count). The number of ether oxygens (including phenoxy) is 1. The first kappa shape index (κ1) is 25.3. The van der Waals surface area contributed by atoms with E-state index in [1.165, 1.54) is 0 Å². The topological polar surface area (TPSA) is 58.2 Å². The predicted octanol–water partition coefficient (Wildman–Crippen LogP) is 3.46. The molecule has 8 nitrogen and oxygen atoms in total. The molecule has 0 aliphatic carbocycles. The van der Waals surface area contributed by atoms with Gasteiger partial charge in [-0.3, -0.25) is 23.6 Å². The van der Waals surface area contributed by atoms with Crippen molar-refractivity contribution in [2.45, 2.75) is 32.7 Å². The van der Waals surface area contributed by atoms with Gasteiger partial charge in [0.25, 0.3) is 5.56 Å². The van der Waals surface area contributed by atoms with Crippen molar-refractivity contribution in [2.75, 3.05) is 70.5 Å². The van der Waals surface area contributed by atoms with Gasteiger partial charge in [-0.15, -0.1) is 0 Å². The summed E-state index contributed by atoms with van der Waals surface area (Å²) in [6, 6.07) is 9.42. The molecule has 3 aromatic rings. The van der Waals surface area contributed by atoms with Crippen LogP contribution in [0.5, 0.6) is 0 Å². The summed E-state index contributed by atoms with van der Waals surface area (Å²) in [6.07, 6.45) is 5.21. The number of aryl methyl sites for hydroxylation is 1. The van der Waals surface area contributed by atoms with E-state index in [4.69, 9.17) is 21.3 Å². The van der Waals surface area contributed by atoms with Gasteiger partial charge in [-0.2, -0.15) is 0 Å². The van der Waals surface area contributed by atoms with Gasteiger partial charge in [0, 0.05) is 81.8 Å². The van der Waals surface area contributed by atoms with Crippen molar-refractivity contribution in [1.29, 1.82) is 0 Å². The molecule has 9 heteroatoms. The normalized spacial score (nSPS) is 17.8. The lowest BCUT2D eigenvalue weighted by Crippen LogP contribution is -2.50. The number of hydrogen-bond donors (Lipinski definition) is 0. The number of aromatic nitrogens is 3. The molecule has 2 aromatic heterocycles. The second kappa shape index (κ2) is 11.8. The largest absolute Gasteiger partial charge is 0.379 e. The second-order valence-electron chi connectivity index (χ2n) is 9.79. The molecule has 0 N–H and O–H groups in total. The predicted molar refractivity (Wildman–Crippen MR) is 145 cm³/mol. The van der Waals surface area contributed by atoms with Gasteiger partial charge >= 0.3 is 0 Å². The van der Waals surface area contributed by atoms with Crippen molar-refractivity contribution in [3.8, 4) is 11.3 Å². The van der Waals surface area contributed by atoms with E-state index in [2.05, 4.69) is 26.2 Å². The van der Waals surface area contributed by atoms with Crippen LogP contribution in [0.4, 0.5) is 5.82 Å². The molecule has 2 aliphatic heterocycles. The minimum atomic E-state index is -0.0331. The standard InChI is InChI=1S/C27H37ClN6O2/c1-2-3-4-9-33-25(32-14-12-30(13-15-32)10-11-31-16-18-36-19-17-31)20-26(35)34-21-24(29-27(33)34)22-5-7-23(28)8-6-22/h5-8,20-21H,2-4,9-19H2,1H3. The molecule has 0 bridgehead atoms. The van der Waals surface area contributed by atoms with E-state index in [1.807, 2.05) is 30.5 Å². The smallest absolute Gasteiger partial charge is 0.261 e. The molecule has 2 saturated heterocycles. The summed E-state index contributed by atoms with van der Waals surface area (Å²) in [4.78, 5) is 25.5. The average Bonchev–Trinajstić information content (AvgIpc) is 3.36. The first-order valence-electron chi connectivity index (χ1n) is 13.3. The van der Waals surface area contributed by atoms with Crippen LogP contribution in [0, 0.1) is 0 Å². The summed E-state index contributed by atoms with van der Waals surface area (Å²) in [5, 5.41) is 0.688. The van der Waals surface area contributed by atoms with E-state index in [0.717, 1.165) is 108 Å². The Morgan fingerprint density at radius 2 is 1.61 bits per heavy atom. The maximum absolute atomic E-state index is 13.2. The molecule has 0 spiro atoms. The Balaban J connectivity index is 1.36. The number of hydrogen-bond acceptors (Lipinski definition) is 6. The zero-order valence-corrected chi connectivity index (χ0v) is 22.0. The fourth-order valence-corrected chi connectivity index (χ4v) is 5.27. The van der Waals surface area contributed by atoms with Gasteiger partial charge in [-0.05, 0) is 18.6 Å². The number of imidazole rings is 1. The van der Waals surface area contributed by atoms with Crippen LogP contribution in [-0.2, 0) is 11.3 Å². The van der Waals surface area contributed by atoms with Crippen molar-refractivity contribution < 1.29 is 4.74 Å². The maximum Gasteiger partial charge on any atom is 0.261 e. The van der Waals surface area contributed by atoms with Gasteiger partial charge in [-0.1, -0.05) is 43.5 Å². The number of nitrogens with zero attached hydrogens (tertiary/aromatic N) is 6. The van der Waals surface area contributed by atoms with Gasteiger partial charge in [0.05, 0.1) is 18.9 Å². The first-order valence-corrected chi connectivity index (χ1v) is 13.7. The molecule has 0 saturated carbocycles. The Bertz CT molecular complexity index is 1190. The van der Waals surface area contributed by atoms with E-state index in [-0.39, 0.29) is 5.56 Å². The van der Waals surface area contributed by atoms with Crippen molar-refractivity contribution in [2.24, 2.45) is 0 Å². The van der Waals surface area contributed by atoms with Crippen LogP contribution in [0.3, 0.4) is 0 Å².